The summed E-state index contributed by atoms with van der Waals surface area (Å²) in [6, 6.07) is 3.51. The first-order chi connectivity index (χ1) is 8.67. The van der Waals surface area contributed by atoms with Crippen molar-refractivity contribution in [3.05, 3.63) is 12.1 Å². The third kappa shape index (κ3) is 3.18. The molecule has 6 nitrogen and oxygen atoms in total. The maximum Gasteiger partial charge on any atom is 0.147 e. The number of anilines is 2. The lowest BCUT2D eigenvalue weighted by molar-refractivity contribution is 0.281. The number of aliphatic hydroxyl groups is 2. The van der Waals surface area contributed by atoms with E-state index in [0.29, 0.717) is 30.3 Å². The fraction of sp³-hybridized carbons (Fsp3) is 0.500. The summed E-state index contributed by atoms with van der Waals surface area (Å²) in [5.74, 6) is 1.01. The van der Waals surface area contributed by atoms with Crippen LogP contribution in [-0.4, -0.2) is 50.7 Å². The Labute approximate surface area is 107 Å². The van der Waals surface area contributed by atoms with Crippen LogP contribution in [0.25, 0.3) is 0 Å². The van der Waals surface area contributed by atoms with Crippen LogP contribution < -0.4 is 20.1 Å². The summed E-state index contributed by atoms with van der Waals surface area (Å²) < 4.78 is 10.4. The van der Waals surface area contributed by atoms with Gasteiger partial charge in [-0.15, -0.1) is 0 Å². The average Bonchev–Trinajstić information content (AvgIpc) is 2.39. The summed E-state index contributed by atoms with van der Waals surface area (Å²) in [4.78, 5) is 1.82. The predicted molar refractivity (Wildman–Crippen MR) is 70.3 cm³/mol. The molecule has 0 aromatic heterocycles. The van der Waals surface area contributed by atoms with Gasteiger partial charge in [-0.05, 0) is 0 Å². The second-order valence-electron chi connectivity index (χ2n) is 3.70. The molecule has 0 bridgehead atoms. The van der Waals surface area contributed by atoms with Crippen molar-refractivity contribution < 1.29 is 19.7 Å². The van der Waals surface area contributed by atoms with Crippen LogP contribution in [0, 0.1) is 0 Å². The maximum absolute atomic E-state index is 9.02. The van der Waals surface area contributed by atoms with Crippen LogP contribution in [-0.2, 0) is 0 Å². The largest absolute Gasteiger partial charge is 0.494 e. The quantitative estimate of drug-likeness (QED) is 0.599. The maximum atomic E-state index is 9.02. The fourth-order valence-corrected chi connectivity index (χ4v) is 1.72. The van der Waals surface area contributed by atoms with Crippen molar-refractivity contribution in [2.45, 2.75) is 0 Å². The molecule has 0 aliphatic carbocycles. The monoisotopic (exact) mass is 256 g/mol. The van der Waals surface area contributed by atoms with Crippen LogP contribution in [0.4, 0.5) is 11.4 Å². The number of aliphatic hydroxyl groups excluding tert-OH is 2. The molecule has 1 rings (SSSR count). The molecule has 1 aromatic carbocycles. The standard InChI is InChI=1S/C12H20N2O4/c1-17-10-7-9(8-11(18-2)12(10)13)14(3-5-15)4-6-16/h7-8,15-16H,3-6,13H2,1-2H3. The van der Waals surface area contributed by atoms with Gasteiger partial charge in [0.15, 0.2) is 0 Å². The Bertz CT molecular complexity index is 353. The van der Waals surface area contributed by atoms with E-state index in [1.807, 2.05) is 4.90 Å². The Balaban J connectivity index is 3.13. The van der Waals surface area contributed by atoms with Crippen molar-refractivity contribution in [1.29, 1.82) is 0 Å². The van der Waals surface area contributed by atoms with E-state index in [4.69, 9.17) is 25.4 Å². The molecule has 102 valence electrons. The highest BCUT2D eigenvalue weighted by molar-refractivity contribution is 5.70. The molecule has 18 heavy (non-hydrogen) atoms. The summed E-state index contributed by atoms with van der Waals surface area (Å²) in [5, 5.41) is 18.0. The smallest absolute Gasteiger partial charge is 0.147 e. The number of hydrogen-bond donors (Lipinski definition) is 3. The van der Waals surface area contributed by atoms with Gasteiger partial charge in [0, 0.05) is 30.9 Å². The zero-order valence-electron chi connectivity index (χ0n) is 10.7. The van der Waals surface area contributed by atoms with Crippen LogP contribution >= 0.6 is 0 Å². The van der Waals surface area contributed by atoms with Crippen LogP contribution in [0.2, 0.25) is 0 Å². The second-order valence-corrected chi connectivity index (χ2v) is 3.70. The van der Waals surface area contributed by atoms with Crippen molar-refractivity contribution in [2.75, 3.05) is 51.2 Å². The Morgan fingerprint density at radius 3 is 1.83 bits per heavy atom. The molecule has 0 saturated heterocycles. The lowest BCUT2D eigenvalue weighted by atomic mass is 10.2. The van der Waals surface area contributed by atoms with Crippen molar-refractivity contribution in [2.24, 2.45) is 0 Å². The molecule has 0 radical (unpaired) electrons. The number of methoxy groups -OCH3 is 2. The number of rotatable bonds is 7. The molecule has 4 N–H and O–H groups in total. The van der Waals surface area contributed by atoms with Crippen molar-refractivity contribution in [1.82, 2.24) is 0 Å². The van der Waals surface area contributed by atoms with Gasteiger partial charge < -0.3 is 30.3 Å². The SMILES string of the molecule is COc1cc(N(CCO)CCO)cc(OC)c1N. The molecule has 0 unspecified atom stereocenters. The number of ether oxygens (including phenoxy) is 2. The van der Waals surface area contributed by atoms with E-state index in [1.54, 1.807) is 12.1 Å². The molecular formula is C12H20N2O4. The van der Waals surface area contributed by atoms with E-state index in [1.165, 1.54) is 14.2 Å². The lowest BCUT2D eigenvalue weighted by Gasteiger charge is -2.24. The zero-order chi connectivity index (χ0) is 13.5. The van der Waals surface area contributed by atoms with Gasteiger partial charge in [0.1, 0.15) is 17.2 Å². The van der Waals surface area contributed by atoms with Crippen molar-refractivity contribution in [3.63, 3.8) is 0 Å². The first kappa shape index (κ1) is 14.4. The topological polar surface area (TPSA) is 88.2 Å². The minimum atomic E-state index is -0.00495. The van der Waals surface area contributed by atoms with Gasteiger partial charge in [0.25, 0.3) is 0 Å². The van der Waals surface area contributed by atoms with E-state index in [0.717, 1.165) is 5.69 Å². The summed E-state index contributed by atoms with van der Waals surface area (Å²) in [6.45, 7) is 0.817. The molecule has 0 amide bonds. The first-order valence-electron chi connectivity index (χ1n) is 5.66. The van der Waals surface area contributed by atoms with E-state index >= 15 is 0 Å². The predicted octanol–water partition coefficient (Wildman–Crippen LogP) is 0.0770. The van der Waals surface area contributed by atoms with E-state index in [9.17, 15) is 0 Å². The molecular weight excluding hydrogens is 236 g/mol. The summed E-state index contributed by atoms with van der Waals surface area (Å²) in [5.41, 5.74) is 7.06. The van der Waals surface area contributed by atoms with Gasteiger partial charge in [-0.1, -0.05) is 0 Å². The number of nitrogens with zero attached hydrogens (tertiary/aromatic N) is 1. The van der Waals surface area contributed by atoms with Crippen molar-refractivity contribution in [3.8, 4) is 11.5 Å². The Morgan fingerprint density at radius 1 is 1.06 bits per heavy atom. The van der Waals surface area contributed by atoms with Crippen LogP contribution in [0.3, 0.4) is 0 Å². The number of hydrogen-bond acceptors (Lipinski definition) is 6. The van der Waals surface area contributed by atoms with Crippen LogP contribution in [0.1, 0.15) is 0 Å². The summed E-state index contributed by atoms with van der Waals surface area (Å²) in [7, 11) is 3.05. The first-order valence-corrected chi connectivity index (χ1v) is 5.66. The fourth-order valence-electron chi connectivity index (χ4n) is 1.72. The zero-order valence-corrected chi connectivity index (χ0v) is 10.7. The number of benzene rings is 1. The molecule has 0 aliphatic heterocycles. The minimum Gasteiger partial charge on any atom is -0.494 e. The third-order valence-corrected chi connectivity index (χ3v) is 2.63. The van der Waals surface area contributed by atoms with Crippen LogP contribution in [0.5, 0.6) is 11.5 Å². The Morgan fingerprint density at radius 2 is 1.50 bits per heavy atom. The van der Waals surface area contributed by atoms with Gasteiger partial charge in [0.2, 0.25) is 0 Å². The third-order valence-electron chi connectivity index (χ3n) is 2.63. The van der Waals surface area contributed by atoms with Gasteiger partial charge in [0.05, 0.1) is 27.4 Å². The molecule has 0 spiro atoms. The van der Waals surface area contributed by atoms with Crippen LogP contribution in [0.15, 0.2) is 12.1 Å². The second kappa shape index (κ2) is 6.93. The Kier molecular flexibility index (Phi) is 5.54. The molecule has 0 atom stereocenters. The molecule has 1 aromatic rings. The average molecular weight is 256 g/mol. The van der Waals surface area contributed by atoms with E-state index in [-0.39, 0.29) is 13.2 Å². The van der Waals surface area contributed by atoms with Gasteiger partial charge in [-0.3, -0.25) is 0 Å². The summed E-state index contributed by atoms with van der Waals surface area (Å²) in [6.07, 6.45) is 0. The highest BCUT2D eigenvalue weighted by Crippen LogP contribution is 2.36. The molecule has 0 aliphatic rings. The normalized spacial score (nSPS) is 10.2. The number of nitrogens with two attached hydrogens (primary N) is 1. The lowest BCUT2D eigenvalue weighted by Crippen LogP contribution is -2.29. The Hall–Kier alpha value is -1.66. The highest BCUT2D eigenvalue weighted by atomic mass is 16.5. The van der Waals surface area contributed by atoms with E-state index < -0.39 is 0 Å². The highest BCUT2D eigenvalue weighted by Gasteiger charge is 2.13. The van der Waals surface area contributed by atoms with Gasteiger partial charge in [-0.2, -0.15) is 0 Å². The summed E-state index contributed by atoms with van der Waals surface area (Å²) >= 11 is 0. The van der Waals surface area contributed by atoms with E-state index in [2.05, 4.69) is 0 Å². The molecule has 6 heteroatoms. The van der Waals surface area contributed by atoms with Crippen molar-refractivity contribution >= 4 is 11.4 Å². The van der Waals surface area contributed by atoms with Gasteiger partial charge >= 0.3 is 0 Å². The minimum absolute atomic E-state index is 0.00495. The number of nitrogen functional groups attached to an aromatic ring is 1. The molecule has 0 heterocycles. The van der Waals surface area contributed by atoms with Gasteiger partial charge in [-0.25, -0.2) is 0 Å². The molecule has 0 fully saturated rings. The molecule has 0 saturated carbocycles.